The van der Waals surface area contributed by atoms with Crippen molar-refractivity contribution in [3.8, 4) is 0 Å². The van der Waals surface area contributed by atoms with Crippen molar-refractivity contribution in [1.82, 2.24) is 10.9 Å². The maximum absolute atomic E-state index is 12.8. The number of hydrogen-bond acceptors (Lipinski definition) is 4. The summed E-state index contributed by atoms with van der Waals surface area (Å²) < 4.78 is 12.8. The van der Waals surface area contributed by atoms with Crippen molar-refractivity contribution in [3.05, 3.63) is 75.6 Å². The van der Waals surface area contributed by atoms with Crippen molar-refractivity contribution in [2.45, 2.75) is 6.42 Å². The van der Waals surface area contributed by atoms with Gasteiger partial charge in [0.25, 0.3) is 11.6 Å². The highest BCUT2D eigenvalue weighted by Crippen LogP contribution is 2.16. The van der Waals surface area contributed by atoms with Gasteiger partial charge < -0.3 is 0 Å². The van der Waals surface area contributed by atoms with Gasteiger partial charge in [0.05, 0.1) is 11.3 Å². The molecule has 0 aliphatic carbocycles. The second-order valence-corrected chi connectivity index (χ2v) is 4.58. The maximum Gasteiger partial charge on any atom is 0.282 e. The summed E-state index contributed by atoms with van der Waals surface area (Å²) >= 11 is 0. The molecule has 8 heteroatoms. The number of nitro groups is 1. The number of amides is 2. The second kappa shape index (κ2) is 7.12. The van der Waals surface area contributed by atoms with Crippen LogP contribution in [0.2, 0.25) is 0 Å². The molecule has 0 heterocycles. The highest BCUT2D eigenvalue weighted by atomic mass is 19.1. The van der Waals surface area contributed by atoms with E-state index in [1.807, 2.05) is 0 Å². The van der Waals surface area contributed by atoms with Crippen LogP contribution in [0.4, 0.5) is 10.1 Å². The fourth-order valence-corrected chi connectivity index (χ4v) is 1.85. The first-order valence-electron chi connectivity index (χ1n) is 6.54. The van der Waals surface area contributed by atoms with Crippen molar-refractivity contribution in [2.75, 3.05) is 0 Å². The van der Waals surface area contributed by atoms with Gasteiger partial charge in [-0.2, -0.15) is 0 Å². The molecule has 7 nitrogen and oxygen atoms in total. The zero-order valence-electron chi connectivity index (χ0n) is 11.8. The van der Waals surface area contributed by atoms with Gasteiger partial charge in [-0.05, 0) is 23.8 Å². The van der Waals surface area contributed by atoms with E-state index in [1.165, 1.54) is 48.5 Å². The molecule has 118 valence electrons. The molecular formula is C15H12FN3O4. The van der Waals surface area contributed by atoms with E-state index in [2.05, 4.69) is 10.9 Å². The summed E-state index contributed by atoms with van der Waals surface area (Å²) in [5.41, 5.74) is 4.29. The summed E-state index contributed by atoms with van der Waals surface area (Å²) in [6.45, 7) is 0. The molecular weight excluding hydrogens is 305 g/mol. The summed E-state index contributed by atoms with van der Waals surface area (Å²) in [5, 5.41) is 10.8. The number of rotatable bonds is 4. The van der Waals surface area contributed by atoms with Crippen LogP contribution in [0.1, 0.15) is 15.9 Å². The molecule has 0 bridgehead atoms. The zero-order valence-corrected chi connectivity index (χ0v) is 11.8. The van der Waals surface area contributed by atoms with Gasteiger partial charge in [-0.1, -0.05) is 24.3 Å². The van der Waals surface area contributed by atoms with Crippen molar-refractivity contribution in [2.24, 2.45) is 0 Å². The number of hydrogen-bond donors (Lipinski definition) is 2. The van der Waals surface area contributed by atoms with E-state index in [0.717, 1.165) is 0 Å². The first kappa shape index (κ1) is 16.1. The Morgan fingerprint density at radius 3 is 2.35 bits per heavy atom. The zero-order chi connectivity index (χ0) is 16.8. The molecule has 0 aliphatic rings. The smallest absolute Gasteiger partial charge is 0.273 e. The number of halogens is 1. The lowest BCUT2D eigenvalue weighted by atomic mass is 10.1. The molecule has 0 atom stereocenters. The van der Waals surface area contributed by atoms with E-state index in [0.29, 0.717) is 5.56 Å². The number of benzene rings is 2. The summed E-state index contributed by atoms with van der Waals surface area (Å²) in [6.07, 6.45) is -0.0720. The minimum absolute atomic E-state index is 0.0720. The summed E-state index contributed by atoms with van der Waals surface area (Å²) in [6, 6.07) is 10.7. The van der Waals surface area contributed by atoms with Crippen LogP contribution in [0.15, 0.2) is 48.5 Å². The molecule has 0 aromatic heterocycles. The number of hydrazine groups is 1. The molecule has 2 aromatic carbocycles. The SMILES string of the molecule is O=C(Cc1ccc(F)cc1)NNC(=O)c1ccccc1[N+](=O)[O-]. The molecule has 0 spiro atoms. The van der Waals surface area contributed by atoms with E-state index >= 15 is 0 Å². The van der Waals surface area contributed by atoms with Gasteiger partial charge in [0, 0.05) is 6.07 Å². The number of carbonyl (C=O) groups excluding carboxylic acids is 2. The van der Waals surface area contributed by atoms with Crippen LogP contribution in [0.3, 0.4) is 0 Å². The Morgan fingerprint density at radius 1 is 1.04 bits per heavy atom. The molecule has 2 rings (SSSR count). The minimum Gasteiger partial charge on any atom is -0.273 e. The van der Waals surface area contributed by atoms with Crippen LogP contribution in [0.5, 0.6) is 0 Å². The van der Waals surface area contributed by atoms with Crippen LogP contribution in [0.25, 0.3) is 0 Å². The number of nitro benzene ring substituents is 1. The van der Waals surface area contributed by atoms with Crippen LogP contribution in [0, 0.1) is 15.9 Å². The Kier molecular flexibility index (Phi) is 4.98. The Labute approximate surface area is 130 Å². The van der Waals surface area contributed by atoms with Gasteiger partial charge in [-0.15, -0.1) is 0 Å². The van der Waals surface area contributed by atoms with Crippen molar-refractivity contribution in [1.29, 1.82) is 0 Å². The van der Waals surface area contributed by atoms with Crippen molar-refractivity contribution in [3.63, 3.8) is 0 Å². The van der Waals surface area contributed by atoms with Crippen LogP contribution in [-0.2, 0) is 11.2 Å². The third-order valence-corrected chi connectivity index (χ3v) is 2.94. The predicted octanol–water partition coefficient (Wildman–Crippen LogP) is 1.74. The number of carbonyl (C=O) groups is 2. The van der Waals surface area contributed by atoms with Gasteiger partial charge in [0.1, 0.15) is 11.4 Å². The molecule has 2 aromatic rings. The Hall–Kier alpha value is -3.29. The average molecular weight is 317 g/mol. The van der Waals surface area contributed by atoms with Crippen LogP contribution >= 0.6 is 0 Å². The highest BCUT2D eigenvalue weighted by molar-refractivity contribution is 5.99. The van der Waals surface area contributed by atoms with E-state index in [9.17, 15) is 24.1 Å². The summed E-state index contributed by atoms with van der Waals surface area (Å²) in [4.78, 5) is 33.7. The third-order valence-electron chi connectivity index (χ3n) is 2.94. The lowest BCUT2D eigenvalue weighted by Crippen LogP contribution is -2.42. The molecule has 0 fully saturated rings. The van der Waals surface area contributed by atoms with Gasteiger partial charge in [-0.25, -0.2) is 4.39 Å². The van der Waals surface area contributed by atoms with Gasteiger partial charge >= 0.3 is 0 Å². The van der Waals surface area contributed by atoms with E-state index in [4.69, 9.17) is 0 Å². The Balaban J connectivity index is 1.95. The first-order chi connectivity index (χ1) is 11.0. The maximum atomic E-state index is 12.8. The van der Waals surface area contributed by atoms with E-state index in [-0.39, 0.29) is 17.7 Å². The fraction of sp³-hybridized carbons (Fsp3) is 0.0667. The fourth-order valence-electron chi connectivity index (χ4n) is 1.85. The summed E-state index contributed by atoms with van der Waals surface area (Å²) in [5.74, 6) is -1.76. The predicted molar refractivity (Wildman–Crippen MR) is 78.8 cm³/mol. The standard InChI is InChI=1S/C15H12FN3O4/c16-11-7-5-10(6-8-11)9-14(20)17-18-15(21)12-3-1-2-4-13(12)19(22)23/h1-8H,9H2,(H,17,20)(H,18,21). The molecule has 23 heavy (non-hydrogen) atoms. The average Bonchev–Trinajstić information content (AvgIpc) is 2.54. The Morgan fingerprint density at radius 2 is 1.70 bits per heavy atom. The van der Waals surface area contributed by atoms with E-state index < -0.39 is 22.6 Å². The van der Waals surface area contributed by atoms with Gasteiger partial charge in [0.15, 0.2) is 0 Å². The molecule has 2 N–H and O–H groups in total. The Bertz CT molecular complexity index is 747. The molecule has 0 radical (unpaired) electrons. The highest BCUT2D eigenvalue weighted by Gasteiger charge is 2.19. The van der Waals surface area contributed by atoms with Gasteiger partial charge in [-0.3, -0.25) is 30.6 Å². The van der Waals surface area contributed by atoms with Crippen molar-refractivity contribution < 1.29 is 18.9 Å². The minimum atomic E-state index is -0.801. The van der Waals surface area contributed by atoms with Crippen LogP contribution in [-0.4, -0.2) is 16.7 Å². The topological polar surface area (TPSA) is 101 Å². The molecule has 0 saturated heterocycles. The normalized spacial score (nSPS) is 9.96. The number of nitrogens with zero attached hydrogens (tertiary/aromatic N) is 1. The second-order valence-electron chi connectivity index (χ2n) is 4.58. The molecule has 0 aliphatic heterocycles. The lowest BCUT2D eigenvalue weighted by Gasteiger charge is -2.07. The third kappa shape index (κ3) is 4.34. The monoisotopic (exact) mass is 317 g/mol. The number of nitrogens with one attached hydrogen (secondary N) is 2. The molecule has 2 amide bonds. The largest absolute Gasteiger partial charge is 0.282 e. The summed E-state index contributed by atoms with van der Waals surface area (Å²) in [7, 11) is 0. The van der Waals surface area contributed by atoms with Crippen LogP contribution < -0.4 is 10.9 Å². The van der Waals surface area contributed by atoms with Gasteiger partial charge in [0.2, 0.25) is 5.91 Å². The molecule has 0 unspecified atom stereocenters. The quantitative estimate of drug-likeness (QED) is 0.662. The lowest BCUT2D eigenvalue weighted by molar-refractivity contribution is -0.385. The first-order valence-corrected chi connectivity index (χ1v) is 6.54. The number of para-hydroxylation sites is 1. The van der Waals surface area contributed by atoms with E-state index in [1.54, 1.807) is 0 Å². The van der Waals surface area contributed by atoms with Crippen molar-refractivity contribution >= 4 is 17.5 Å². The molecule has 0 saturated carbocycles.